The highest BCUT2D eigenvalue weighted by molar-refractivity contribution is 5.77. The molecule has 30 heavy (non-hydrogen) atoms. The van der Waals surface area contributed by atoms with E-state index in [1.807, 2.05) is 44.2 Å². The van der Waals surface area contributed by atoms with Crippen LogP contribution in [0.5, 0.6) is 11.5 Å². The number of rotatable bonds is 10. The number of nitrogens with zero attached hydrogens (tertiary/aromatic N) is 2. The number of benzene rings is 2. The van der Waals surface area contributed by atoms with Crippen LogP contribution in [0.3, 0.4) is 0 Å². The molecule has 0 saturated carbocycles. The maximum absolute atomic E-state index is 12.6. The Morgan fingerprint density at radius 2 is 1.73 bits per heavy atom. The van der Waals surface area contributed by atoms with Crippen LogP contribution in [-0.2, 0) is 11.3 Å². The van der Waals surface area contributed by atoms with Crippen molar-refractivity contribution in [1.29, 1.82) is 0 Å². The van der Waals surface area contributed by atoms with E-state index in [2.05, 4.69) is 9.97 Å². The molecule has 1 aromatic heterocycles. The van der Waals surface area contributed by atoms with Crippen molar-refractivity contribution in [2.75, 3.05) is 19.8 Å². The van der Waals surface area contributed by atoms with Gasteiger partial charge in [-0.25, -0.2) is 4.98 Å². The Morgan fingerprint density at radius 1 is 1.03 bits per heavy atom. The van der Waals surface area contributed by atoms with Crippen LogP contribution in [0.4, 0.5) is 0 Å². The van der Waals surface area contributed by atoms with Crippen molar-refractivity contribution < 1.29 is 14.3 Å². The fourth-order valence-electron chi connectivity index (χ4n) is 3.14. The molecule has 0 bridgehead atoms. The van der Waals surface area contributed by atoms with Gasteiger partial charge < -0.3 is 19.4 Å². The van der Waals surface area contributed by atoms with Gasteiger partial charge in [0.2, 0.25) is 5.91 Å². The number of ether oxygens (including phenoxy) is 2. The molecule has 1 heterocycles. The normalized spacial score (nSPS) is 10.7. The third kappa shape index (κ3) is 5.59. The average molecular weight is 409 g/mol. The van der Waals surface area contributed by atoms with Crippen molar-refractivity contribution in [2.24, 2.45) is 0 Å². The Labute approximate surface area is 175 Å². The average Bonchev–Trinajstić information content (AvgIpc) is 2.76. The molecule has 0 aliphatic heterocycles. The molecule has 0 spiro atoms. The minimum absolute atomic E-state index is 0.00333. The number of para-hydroxylation sites is 1. The molecule has 2 aromatic carbocycles. The smallest absolute Gasteiger partial charge is 0.258 e. The predicted molar refractivity (Wildman–Crippen MR) is 116 cm³/mol. The van der Waals surface area contributed by atoms with Gasteiger partial charge in [0.25, 0.3) is 5.56 Å². The molecular formula is C23H27N3O4. The standard InChI is InChI=1S/C23H27N3O4/c1-3-26(16-21-24-20-9-6-5-8-19(20)23(28)25-21)22(27)10-7-15-30-18-13-11-17(12-14-18)29-4-2/h5-6,8-9,11-14H,3-4,7,10,15-16H2,1-2H3,(H,24,25,28). The van der Waals surface area contributed by atoms with Crippen LogP contribution in [0.25, 0.3) is 10.9 Å². The van der Waals surface area contributed by atoms with E-state index < -0.39 is 0 Å². The van der Waals surface area contributed by atoms with Crippen LogP contribution in [-0.4, -0.2) is 40.5 Å². The largest absolute Gasteiger partial charge is 0.494 e. The second-order valence-corrected chi connectivity index (χ2v) is 6.79. The monoisotopic (exact) mass is 409 g/mol. The van der Waals surface area contributed by atoms with Crippen molar-refractivity contribution >= 4 is 16.8 Å². The van der Waals surface area contributed by atoms with Gasteiger partial charge >= 0.3 is 0 Å². The van der Waals surface area contributed by atoms with Gasteiger partial charge in [0, 0.05) is 13.0 Å². The molecule has 3 aromatic rings. The zero-order chi connectivity index (χ0) is 21.3. The number of amides is 1. The Hall–Kier alpha value is -3.35. The summed E-state index contributed by atoms with van der Waals surface area (Å²) in [5.41, 5.74) is 0.436. The molecule has 3 rings (SSSR count). The SMILES string of the molecule is CCOc1ccc(OCCCC(=O)N(CC)Cc2nc3ccccc3c(=O)[nH]2)cc1. The van der Waals surface area contributed by atoms with Gasteiger partial charge in [0.05, 0.1) is 30.7 Å². The second-order valence-electron chi connectivity index (χ2n) is 6.79. The number of aromatic nitrogens is 2. The van der Waals surface area contributed by atoms with E-state index in [0.29, 0.717) is 49.3 Å². The molecule has 0 aliphatic rings. The summed E-state index contributed by atoms with van der Waals surface area (Å²) in [4.78, 5) is 33.7. The Kier molecular flexibility index (Phi) is 7.43. The molecule has 0 fully saturated rings. The van der Waals surface area contributed by atoms with Crippen LogP contribution in [0.1, 0.15) is 32.5 Å². The number of hydrogen-bond acceptors (Lipinski definition) is 5. The van der Waals surface area contributed by atoms with Gasteiger partial charge in [-0.05, 0) is 56.7 Å². The van der Waals surface area contributed by atoms with E-state index in [1.165, 1.54) is 0 Å². The summed E-state index contributed by atoms with van der Waals surface area (Å²) in [5.74, 6) is 2.04. The second kappa shape index (κ2) is 10.4. The van der Waals surface area contributed by atoms with E-state index in [0.717, 1.165) is 11.5 Å². The van der Waals surface area contributed by atoms with E-state index >= 15 is 0 Å². The van der Waals surface area contributed by atoms with Gasteiger partial charge in [0.1, 0.15) is 17.3 Å². The van der Waals surface area contributed by atoms with Gasteiger partial charge in [-0.15, -0.1) is 0 Å². The summed E-state index contributed by atoms with van der Waals surface area (Å²) in [7, 11) is 0. The lowest BCUT2D eigenvalue weighted by molar-refractivity contribution is -0.131. The van der Waals surface area contributed by atoms with Gasteiger partial charge in [-0.2, -0.15) is 0 Å². The van der Waals surface area contributed by atoms with E-state index in [4.69, 9.17) is 9.47 Å². The summed E-state index contributed by atoms with van der Waals surface area (Å²) >= 11 is 0. The Morgan fingerprint density at radius 3 is 2.43 bits per heavy atom. The number of H-pyrrole nitrogens is 1. The van der Waals surface area contributed by atoms with Crippen molar-refractivity contribution in [2.45, 2.75) is 33.2 Å². The molecule has 0 radical (unpaired) electrons. The third-order valence-electron chi connectivity index (χ3n) is 4.68. The van der Waals surface area contributed by atoms with Crippen molar-refractivity contribution in [1.82, 2.24) is 14.9 Å². The van der Waals surface area contributed by atoms with Crippen LogP contribution in [0, 0.1) is 0 Å². The van der Waals surface area contributed by atoms with Crippen molar-refractivity contribution in [3.05, 3.63) is 64.7 Å². The molecule has 0 unspecified atom stereocenters. The maximum atomic E-state index is 12.6. The number of carbonyl (C=O) groups excluding carboxylic acids is 1. The molecule has 158 valence electrons. The fourth-order valence-corrected chi connectivity index (χ4v) is 3.14. The number of carbonyl (C=O) groups is 1. The molecule has 1 N–H and O–H groups in total. The maximum Gasteiger partial charge on any atom is 0.258 e. The molecule has 7 nitrogen and oxygen atoms in total. The van der Waals surface area contributed by atoms with E-state index in [9.17, 15) is 9.59 Å². The zero-order valence-corrected chi connectivity index (χ0v) is 17.4. The lowest BCUT2D eigenvalue weighted by atomic mass is 10.2. The Bertz CT molecular complexity index is 1030. The van der Waals surface area contributed by atoms with Crippen LogP contribution >= 0.6 is 0 Å². The summed E-state index contributed by atoms with van der Waals surface area (Å²) in [6, 6.07) is 14.6. The van der Waals surface area contributed by atoms with Gasteiger partial charge in [-0.3, -0.25) is 9.59 Å². The summed E-state index contributed by atoms with van der Waals surface area (Å²) in [6.07, 6.45) is 0.965. The molecular weight excluding hydrogens is 382 g/mol. The fraction of sp³-hybridized carbons (Fsp3) is 0.348. The zero-order valence-electron chi connectivity index (χ0n) is 17.4. The molecule has 1 amide bonds. The van der Waals surface area contributed by atoms with E-state index in [1.54, 1.807) is 23.1 Å². The Balaban J connectivity index is 1.50. The minimum atomic E-state index is -0.192. The highest BCUT2D eigenvalue weighted by Gasteiger charge is 2.14. The van der Waals surface area contributed by atoms with Crippen molar-refractivity contribution in [3.8, 4) is 11.5 Å². The first-order valence-electron chi connectivity index (χ1n) is 10.2. The number of fused-ring (bicyclic) bond motifs is 1. The minimum Gasteiger partial charge on any atom is -0.494 e. The third-order valence-corrected chi connectivity index (χ3v) is 4.68. The number of nitrogens with one attached hydrogen (secondary N) is 1. The molecule has 0 atom stereocenters. The van der Waals surface area contributed by atoms with Crippen LogP contribution in [0.15, 0.2) is 53.3 Å². The van der Waals surface area contributed by atoms with Crippen LogP contribution < -0.4 is 15.0 Å². The first kappa shape index (κ1) is 21.4. The highest BCUT2D eigenvalue weighted by atomic mass is 16.5. The first-order valence-corrected chi connectivity index (χ1v) is 10.2. The summed E-state index contributed by atoms with van der Waals surface area (Å²) in [5, 5.41) is 0.544. The van der Waals surface area contributed by atoms with Crippen LogP contribution in [0.2, 0.25) is 0 Å². The van der Waals surface area contributed by atoms with Gasteiger partial charge in [0.15, 0.2) is 0 Å². The highest BCUT2D eigenvalue weighted by Crippen LogP contribution is 2.18. The number of hydrogen-bond donors (Lipinski definition) is 1. The molecule has 0 aliphatic carbocycles. The van der Waals surface area contributed by atoms with E-state index in [-0.39, 0.29) is 18.0 Å². The quantitative estimate of drug-likeness (QED) is 0.518. The first-order chi connectivity index (χ1) is 14.6. The predicted octanol–water partition coefficient (Wildman–Crippen LogP) is 3.53. The van der Waals surface area contributed by atoms with Crippen molar-refractivity contribution in [3.63, 3.8) is 0 Å². The molecule has 0 saturated heterocycles. The lowest BCUT2D eigenvalue weighted by Crippen LogP contribution is -2.32. The summed E-state index contributed by atoms with van der Waals surface area (Å²) in [6.45, 7) is 5.73. The lowest BCUT2D eigenvalue weighted by Gasteiger charge is -2.20. The number of aromatic amines is 1. The topological polar surface area (TPSA) is 84.5 Å². The molecule has 7 heteroatoms. The van der Waals surface area contributed by atoms with Gasteiger partial charge in [-0.1, -0.05) is 12.1 Å². The summed E-state index contributed by atoms with van der Waals surface area (Å²) < 4.78 is 11.1.